The standard InChI is InChI=1S/C11H15N5O/c1-8-13-14-11-5-4-10(15-16(8)11)12-9-3-2-6-17-7-9/h4-5,9H,2-3,6-7H2,1H3,(H,12,15)/t9-/m1/s1. The van der Waals surface area contributed by atoms with E-state index in [0.717, 1.165) is 43.3 Å². The number of nitrogens with one attached hydrogen (secondary N) is 1. The highest BCUT2D eigenvalue weighted by atomic mass is 16.5. The van der Waals surface area contributed by atoms with Gasteiger partial charge < -0.3 is 10.1 Å². The van der Waals surface area contributed by atoms with Gasteiger partial charge in [0.2, 0.25) is 0 Å². The lowest BCUT2D eigenvalue weighted by molar-refractivity contribution is 0.0875. The van der Waals surface area contributed by atoms with Crippen molar-refractivity contribution in [2.75, 3.05) is 18.5 Å². The van der Waals surface area contributed by atoms with Gasteiger partial charge in [-0.15, -0.1) is 15.3 Å². The fourth-order valence-electron chi connectivity index (χ4n) is 2.04. The van der Waals surface area contributed by atoms with Crippen LogP contribution in [0.3, 0.4) is 0 Å². The summed E-state index contributed by atoms with van der Waals surface area (Å²) in [6.07, 6.45) is 2.23. The molecule has 6 heteroatoms. The summed E-state index contributed by atoms with van der Waals surface area (Å²) in [6.45, 7) is 3.51. The summed E-state index contributed by atoms with van der Waals surface area (Å²) in [5.41, 5.74) is 0.771. The molecule has 0 spiro atoms. The third-order valence-electron chi connectivity index (χ3n) is 2.93. The Bertz CT molecular complexity index is 518. The molecule has 0 unspecified atom stereocenters. The van der Waals surface area contributed by atoms with Gasteiger partial charge in [-0.05, 0) is 31.9 Å². The molecule has 90 valence electrons. The maximum Gasteiger partial charge on any atom is 0.178 e. The molecule has 3 rings (SSSR count). The minimum atomic E-state index is 0.352. The fourth-order valence-corrected chi connectivity index (χ4v) is 2.04. The molecule has 17 heavy (non-hydrogen) atoms. The zero-order valence-electron chi connectivity index (χ0n) is 9.76. The van der Waals surface area contributed by atoms with Crippen LogP contribution in [-0.4, -0.2) is 39.1 Å². The Balaban J connectivity index is 1.82. The van der Waals surface area contributed by atoms with Crippen LogP contribution in [0.25, 0.3) is 5.65 Å². The highest BCUT2D eigenvalue weighted by molar-refractivity contribution is 5.44. The monoisotopic (exact) mass is 233 g/mol. The number of aryl methyl sites for hydroxylation is 1. The van der Waals surface area contributed by atoms with E-state index in [-0.39, 0.29) is 0 Å². The van der Waals surface area contributed by atoms with Crippen LogP contribution < -0.4 is 5.32 Å². The van der Waals surface area contributed by atoms with E-state index in [1.165, 1.54) is 0 Å². The average molecular weight is 233 g/mol. The number of anilines is 1. The summed E-state index contributed by atoms with van der Waals surface area (Å²) in [4.78, 5) is 0. The molecule has 1 atom stereocenters. The van der Waals surface area contributed by atoms with Crippen LogP contribution >= 0.6 is 0 Å². The van der Waals surface area contributed by atoms with Crippen molar-refractivity contribution in [3.05, 3.63) is 18.0 Å². The second kappa shape index (κ2) is 4.29. The van der Waals surface area contributed by atoms with Crippen molar-refractivity contribution in [1.29, 1.82) is 0 Å². The number of aromatic nitrogens is 4. The van der Waals surface area contributed by atoms with E-state index in [4.69, 9.17) is 4.74 Å². The second-order valence-electron chi connectivity index (χ2n) is 4.29. The van der Waals surface area contributed by atoms with Gasteiger partial charge in [0.15, 0.2) is 11.5 Å². The molecule has 0 saturated carbocycles. The van der Waals surface area contributed by atoms with Crippen LogP contribution in [0.5, 0.6) is 0 Å². The molecule has 3 heterocycles. The lowest BCUT2D eigenvalue weighted by atomic mass is 10.1. The van der Waals surface area contributed by atoms with Crippen molar-refractivity contribution in [2.24, 2.45) is 0 Å². The number of hydrogen-bond acceptors (Lipinski definition) is 5. The lowest BCUT2D eigenvalue weighted by Gasteiger charge is -2.23. The molecule has 1 N–H and O–H groups in total. The summed E-state index contributed by atoms with van der Waals surface area (Å²) in [5, 5.41) is 15.8. The van der Waals surface area contributed by atoms with Crippen LogP contribution in [0.4, 0.5) is 5.82 Å². The topological polar surface area (TPSA) is 64.3 Å². The molecule has 0 amide bonds. The van der Waals surface area contributed by atoms with E-state index in [1.807, 2.05) is 19.1 Å². The van der Waals surface area contributed by atoms with Gasteiger partial charge in [-0.1, -0.05) is 0 Å². The van der Waals surface area contributed by atoms with Gasteiger partial charge in [0.1, 0.15) is 5.82 Å². The van der Waals surface area contributed by atoms with E-state index in [9.17, 15) is 0 Å². The predicted molar refractivity (Wildman–Crippen MR) is 63.0 cm³/mol. The van der Waals surface area contributed by atoms with Crippen LogP contribution in [0.15, 0.2) is 12.1 Å². The summed E-state index contributed by atoms with van der Waals surface area (Å²) in [7, 11) is 0. The van der Waals surface area contributed by atoms with Crippen molar-refractivity contribution in [3.63, 3.8) is 0 Å². The van der Waals surface area contributed by atoms with Gasteiger partial charge in [0.05, 0.1) is 12.6 Å². The minimum Gasteiger partial charge on any atom is -0.379 e. The second-order valence-corrected chi connectivity index (χ2v) is 4.29. The van der Waals surface area contributed by atoms with Gasteiger partial charge in [0, 0.05) is 6.61 Å². The van der Waals surface area contributed by atoms with Crippen molar-refractivity contribution < 1.29 is 4.74 Å². The Morgan fingerprint density at radius 3 is 3.18 bits per heavy atom. The first-order valence-electron chi connectivity index (χ1n) is 5.86. The Morgan fingerprint density at radius 1 is 1.41 bits per heavy atom. The van der Waals surface area contributed by atoms with E-state index >= 15 is 0 Å². The molecule has 0 radical (unpaired) electrons. The minimum absolute atomic E-state index is 0.352. The van der Waals surface area contributed by atoms with Gasteiger partial charge in [-0.3, -0.25) is 0 Å². The normalized spacial score (nSPS) is 20.6. The van der Waals surface area contributed by atoms with Gasteiger partial charge in [0.25, 0.3) is 0 Å². The van der Waals surface area contributed by atoms with Crippen molar-refractivity contribution in [3.8, 4) is 0 Å². The predicted octanol–water partition coefficient (Wildman–Crippen LogP) is 1.02. The number of nitrogens with zero attached hydrogens (tertiary/aromatic N) is 4. The largest absolute Gasteiger partial charge is 0.379 e. The highest BCUT2D eigenvalue weighted by Gasteiger charge is 2.14. The zero-order valence-corrected chi connectivity index (χ0v) is 9.76. The molecule has 0 aromatic carbocycles. The third kappa shape index (κ3) is 2.08. The molecule has 0 bridgehead atoms. The molecule has 0 aliphatic carbocycles. The van der Waals surface area contributed by atoms with Gasteiger partial charge >= 0.3 is 0 Å². The van der Waals surface area contributed by atoms with Gasteiger partial charge in [-0.2, -0.15) is 4.52 Å². The molecule has 2 aromatic rings. The summed E-state index contributed by atoms with van der Waals surface area (Å²) in [6, 6.07) is 4.20. The van der Waals surface area contributed by atoms with Gasteiger partial charge in [-0.25, -0.2) is 0 Å². The molecule has 6 nitrogen and oxygen atoms in total. The van der Waals surface area contributed by atoms with Crippen molar-refractivity contribution in [2.45, 2.75) is 25.8 Å². The average Bonchev–Trinajstić information content (AvgIpc) is 2.73. The number of hydrogen-bond donors (Lipinski definition) is 1. The number of fused-ring (bicyclic) bond motifs is 1. The molecular formula is C11H15N5O. The Kier molecular flexibility index (Phi) is 2.64. The van der Waals surface area contributed by atoms with Crippen molar-refractivity contribution in [1.82, 2.24) is 19.8 Å². The molecule has 1 aliphatic heterocycles. The Hall–Kier alpha value is -1.69. The summed E-state index contributed by atoms with van der Waals surface area (Å²) >= 11 is 0. The van der Waals surface area contributed by atoms with Crippen LogP contribution in [0.2, 0.25) is 0 Å². The van der Waals surface area contributed by atoms with E-state index in [2.05, 4.69) is 20.6 Å². The molecule has 1 aliphatic rings. The molecule has 2 aromatic heterocycles. The van der Waals surface area contributed by atoms with Crippen LogP contribution in [-0.2, 0) is 4.74 Å². The third-order valence-corrected chi connectivity index (χ3v) is 2.93. The number of rotatable bonds is 2. The molecule has 1 fully saturated rings. The molecule has 1 saturated heterocycles. The highest BCUT2D eigenvalue weighted by Crippen LogP contribution is 2.13. The van der Waals surface area contributed by atoms with Crippen LogP contribution in [0.1, 0.15) is 18.7 Å². The Labute approximate surface area is 99.0 Å². The fraction of sp³-hybridized carbons (Fsp3) is 0.545. The number of ether oxygens (including phenoxy) is 1. The molecular weight excluding hydrogens is 218 g/mol. The maximum absolute atomic E-state index is 5.43. The Morgan fingerprint density at radius 2 is 2.35 bits per heavy atom. The summed E-state index contributed by atoms with van der Waals surface area (Å²) in [5.74, 6) is 1.64. The van der Waals surface area contributed by atoms with Crippen LogP contribution in [0, 0.1) is 6.92 Å². The smallest absolute Gasteiger partial charge is 0.178 e. The first-order valence-corrected chi connectivity index (χ1v) is 5.86. The van der Waals surface area contributed by atoms with E-state index in [0.29, 0.717) is 6.04 Å². The van der Waals surface area contributed by atoms with E-state index in [1.54, 1.807) is 4.52 Å². The first kappa shape index (κ1) is 10.5. The SMILES string of the molecule is Cc1nnc2ccc(N[C@@H]3CCCOC3)nn12. The lowest BCUT2D eigenvalue weighted by Crippen LogP contribution is -2.30. The zero-order chi connectivity index (χ0) is 11.7. The maximum atomic E-state index is 5.43. The van der Waals surface area contributed by atoms with E-state index < -0.39 is 0 Å². The summed E-state index contributed by atoms with van der Waals surface area (Å²) < 4.78 is 7.17. The first-order chi connectivity index (χ1) is 8.33. The quantitative estimate of drug-likeness (QED) is 0.839. The van der Waals surface area contributed by atoms with Crippen molar-refractivity contribution >= 4 is 11.5 Å².